The smallest absolute Gasteiger partial charge is 0.0934 e. The molecule has 1 aromatic carbocycles. The van der Waals surface area contributed by atoms with Crippen LogP contribution in [-0.4, -0.2) is 10.5 Å². The number of aryl methyl sites for hydroxylation is 3. The molecule has 0 fully saturated rings. The second kappa shape index (κ2) is 6.51. The average molecular weight is 288 g/mol. The average Bonchev–Trinajstić information content (AvgIpc) is 2.75. The van der Waals surface area contributed by atoms with Crippen LogP contribution >= 0.6 is 11.3 Å². The zero-order valence-corrected chi connectivity index (χ0v) is 13.7. The number of thiazole rings is 1. The molecule has 1 N–H and O–H groups in total. The van der Waals surface area contributed by atoms with Gasteiger partial charge >= 0.3 is 0 Å². The molecule has 2 nitrogen and oxygen atoms in total. The van der Waals surface area contributed by atoms with Gasteiger partial charge in [0.1, 0.15) is 0 Å². The normalized spacial score (nSPS) is 11.8. The van der Waals surface area contributed by atoms with Gasteiger partial charge in [0.15, 0.2) is 0 Å². The van der Waals surface area contributed by atoms with E-state index in [1.54, 1.807) is 0 Å². The van der Waals surface area contributed by atoms with Gasteiger partial charge in [-0.3, -0.25) is 0 Å². The first-order valence-electron chi connectivity index (χ1n) is 7.18. The molecule has 0 aliphatic rings. The van der Waals surface area contributed by atoms with Crippen LogP contribution in [0.3, 0.4) is 0 Å². The number of rotatable bonds is 5. The molecule has 2 aromatic rings. The summed E-state index contributed by atoms with van der Waals surface area (Å²) < 4.78 is 0. The van der Waals surface area contributed by atoms with Crippen LogP contribution in [0.5, 0.6) is 0 Å². The van der Waals surface area contributed by atoms with Crippen molar-refractivity contribution in [1.29, 1.82) is 0 Å². The molecule has 0 unspecified atom stereocenters. The molecule has 108 valence electrons. The Morgan fingerprint density at radius 3 is 2.45 bits per heavy atom. The van der Waals surface area contributed by atoms with Crippen LogP contribution < -0.4 is 5.32 Å². The van der Waals surface area contributed by atoms with Crippen LogP contribution in [0.15, 0.2) is 30.3 Å². The highest BCUT2D eigenvalue weighted by molar-refractivity contribution is 7.11. The maximum Gasteiger partial charge on any atom is 0.0934 e. The summed E-state index contributed by atoms with van der Waals surface area (Å²) in [5.41, 5.74) is 2.71. The highest BCUT2D eigenvalue weighted by atomic mass is 32.1. The third-order valence-electron chi connectivity index (χ3n) is 3.19. The number of nitrogens with zero attached hydrogens (tertiary/aromatic N) is 1. The Balaban J connectivity index is 1.93. The Hall–Kier alpha value is -1.19. The molecule has 0 atom stereocenters. The van der Waals surface area contributed by atoms with Gasteiger partial charge in [-0.15, -0.1) is 11.3 Å². The van der Waals surface area contributed by atoms with E-state index in [1.807, 2.05) is 11.3 Å². The van der Waals surface area contributed by atoms with E-state index in [2.05, 4.69) is 63.3 Å². The van der Waals surface area contributed by atoms with Crippen molar-refractivity contribution in [3.8, 4) is 0 Å². The predicted octanol–water partition coefficient (Wildman–Crippen LogP) is 4.12. The number of hydrogen-bond donors (Lipinski definition) is 1. The first-order valence-corrected chi connectivity index (χ1v) is 8.00. The van der Waals surface area contributed by atoms with Crippen molar-refractivity contribution >= 4 is 11.3 Å². The van der Waals surface area contributed by atoms with E-state index in [9.17, 15) is 0 Å². The van der Waals surface area contributed by atoms with Gasteiger partial charge in [0.05, 0.1) is 10.7 Å². The van der Waals surface area contributed by atoms with Crippen LogP contribution in [0, 0.1) is 6.92 Å². The number of benzene rings is 1. The van der Waals surface area contributed by atoms with Crippen LogP contribution in [0.4, 0.5) is 0 Å². The highest BCUT2D eigenvalue weighted by Crippen LogP contribution is 2.20. The summed E-state index contributed by atoms with van der Waals surface area (Å²) in [7, 11) is 0. The van der Waals surface area contributed by atoms with Gasteiger partial charge in [0.2, 0.25) is 0 Å². The van der Waals surface area contributed by atoms with Crippen molar-refractivity contribution in [2.75, 3.05) is 0 Å². The van der Waals surface area contributed by atoms with E-state index in [0.29, 0.717) is 0 Å². The number of hydrogen-bond acceptors (Lipinski definition) is 3. The molecule has 0 radical (unpaired) electrons. The van der Waals surface area contributed by atoms with Gasteiger partial charge in [-0.25, -0.2) is 4.98 Å². The van der Waals surface area contributed by atoms with Crippen LogP contribution in [0.25, 0.3) is 0 Å². The van der Waals surface area contributed by atoms with Crippen molar-refractivity contribution in [1.82, 2.24) is 10.3 Å². The molecule has 0 saturated heterocycles. The minimum atomic E-state index is 0.153. The molecule has 0 saturated carbocycles. The summed E-state index contributed by atoms with van der Waals surface area (Å²) >= 11 is 1.85. The maximum absolute atomic E-state index is 4.70. The number of nitrogens with one attached hydrogen (secondary N) is 1. The summed E-state index contributed by atoms with van der Waals surface area (Å²) in [6, 6.07) is 10.6. The summed E-state index contributed by atoms with van der Waals surface area (Å²) in [4.78, 5) is 6.07. The lowest BCUT2D eigenvalue weighted by molar-refractivity contribution is 0.425. The minimum absolute atomic E-state index is 0.153. The van der Waals surface area contributed by atoms with Gasteiger partial charge in [-0.05, 0) is 39.7 Å². The zero-order chi connectivity index (χ0) is 14.6. The molecule has 0 amide bonds. The third kappa shape index (κ3) is 4.73. The molecule has 0 spiro atoms. The van der Waals surface area contributed by atoms with Gasteiger partial charge in [-0.1, -0.05) is 30.3 Å². The Morgan fingerprint density at radius 2 is 1.80 bits per heavy atom. The Kier molecular flexibility index (Phi) is 4.95. The molecule has 2 rings (SSSR count). The standard InChI is InChI=1S/C17H24N2S/c1-13-15(12-18-17(2,3)4)20-16(19-13)11-10-14-8-6-5-7-9-14/h5-9,18H,10-12H2,1-4H3. The summed E-state index contributed by atoms with van der Waals surface area (Å²) in [5, 5.41) is 4.78. The fraction of sp³-hybridized carbons (Fsp3) is 0.471. The monoisotopic (exact) mass is 288 g/mol. The summed E-state index contributed by atoms with van der Waals surface area (Å²) in [6.07, 6.45) is 2.10. The van der Waals surface area contributed by atoms with Gasteiger partial charge in [0.25, 0.3) is 0 Å². The van der Waals surface area contributed by atoms with Crippen LogP contribution in [0.1, 0.15) is 41.9 Å². The molecular weight excluding hydrogens is 264 g/mol. The topological polar surface area (TPSA) is 24.9 Å². The molecular formula is C17H24N2S. The van der Waals surface area contributed by atoms with E-state index < -0.39 is 0 Å². The molecule has 0 aliphatic carbocycles. The molecule has 0 aliphatic heterocycles. The molecule has 1 aromatic heterocycles. The van der Waals surface area contributed by atoms with E-state index in [4.69, 9.17) is 4.98 Å². The van der Waals surface area contributed by atoms with Gasteiger partial charge < -0.3 is 5.32 Å². The zero-order valence-electron chi connectivity index (χ0n) is 12.9. The van der Waals surface area contributed by atoms with Crippen LogP contribution in [0.2, 0.25) is 0 Å². The number of aromatic nitrogens is 1. The maximum atomic E-state index is 4.70. The first kappa shape index (κ1) is 15.2. The predicted molar refractivity (Wildman–Crippen MR) is 87.3 cm³/mol. The fourth-order valence-electron chi connectivity index (χ4n) is 2.00. The minimum Gasteiger partial charge on any atom is -0.307 e. The largest absolute Gasteiger partial charge is 0.307 e. The lowest BCUT2D eigenvalue weighted by Crippen LogP contribution is -2.34. The Morgan fingerprint density at radius 1 is 1.10 bits per heavy atom. The van der Waals surface area contributed by atoms with E-state index in [1.165, 1.54) is 21.1 Å². The lowest BCUT2D eigenvalue weighted by atomic mass is 10.1. The Bertz CT molecular complexity index is 538. The first-order chi connectivity index (χ1) is 9.44. The lowest BCUT2D eigenvalue weighted by Gasteiger charge is -2.19. The SMILES string of the molecule is Cc1nc(CCc2ccccc2)sc1CNC(C)(C)C. The summed E-state index contributed by atoms with van der Waals surface area (Å²) in [6.45, 7) is 9.61. The van der Waals surface area contributed by atoms with Gasteiger partial charge in [-0.2, -0.15) is 0 Å². The van der Waals surface area contributed by atoms with Gasteiger partial charge in [0, 0.05) is 23.4 Å². The van der Waals surface area contributed by atoms with E-state index >= 15 is 0 Å². The molecule has 0 bridgehead atoms. The van der Waals surface area contributed by atoms with E-state index in [-0.39, 0.29) is 5.54 Å². The van der Waals surface area contributed by atoms with Crippen LogP contribution in [-0.2, 0) is 19.4 Å². The second-order valence-corrected chi connectivity index (χ2v) is 7.37. The molecule has 3 heteroatoms. The molecule has 1 heterocycles. The van der Waals surface area contributed by atoms with Crippen molar-refractivity contribution in [3.05, 3.63) is 51.5 Å². The van der Waals surface area contributed by atoms with Crippen molar-refractivity contribution < 1.29 is 0 Å². The third-order valence-corrected chi connectivity index (χ3v) is 4.40. The van der Waals surface area contributed by atoms with Crippen molar-refractivity contribution in [3.63, 3.8) is 0 Å². The quantitative estimate of drug-likeness (QED) is 0.895. The highest BCUT2D eigenvalue weighted by Gasteiger charge is 2.12. The summed E-state index contributed by atoms with van der Waals surface area (Å²) in [5.74, 6) is 0. The van der Waals surface area contributed by atoms with E-state index in [0.717, 1.165) is 19.4 Å². The molecule has 20 heavy (non-hydrogen) atoms. The van der Waals surface area contributed by atoms with Crippen molar-refractivity contribution in [2.45, 2.75) is 52.6 Å². The van der Waals surface area contributed by atoms with Crippen molar-refractivity contribution in [2.24, 2.45) is 0 Å². The fourth-order valence-corrected chi connectivity index (χ4v) is 3.01. The Labute approximate surface area is 126 Å². The second-order valence-electron chi connectivity index (χ2n) is 6.21.